The molecule has 0 unspecified atom stereocenters. The molecule has 0 saturated carbocycles. The Hall–Kier alpha value is -2.76. The van der Waals surface area contributed by atoms with Crippen LogP contribution in [-0.2, 0) is 4.79 Å². The van der Waals surface area contributed by atoms with Crippen LogP contribution in [0.2, 0.25) is 0 Å². The molecular formula is C19H22N4O2. The molecule has 2 aliphatic heterocycles. The number of piperazine rings is 1. The Labute approximate surface area is 147 Å². The number of carbonyl (C=O) groups is 1. The van der Waals surface area contributed by atoms with Crippen molar-refractivity contribution in [1.82, 2.24) is 9.88 Å². The molecule has 25 heavy (non-hydrogen) atoms. The number of benzene rings is 1. The number of pyridine rings is 1. The zero-order chi connectivity index (χ0) is 17.1. The quantitative estimate of drug-likeness (QED) is 0.851. The normalized spacial score (nSPS) is 17.0. The largest absolute Gasteiger partial charge is 0.490 e. The van der Waals surface area contributed by atoms with Crippen molar-refractivity contribution in [3.05, 3.63) is 48.7 Å². The molecule has 1 amide bonds. The van der Waals surface area contributed by atoms with Gasteiger partial charge in [-0.2, -0.15) is 0 Å². The number of para-hydroxylation sites is 2. The van der Waals surface area contributed by atoms with E-state index >= 15 is 0 Å². The van der Waals surface area contributed by atoms with Gasteiger partial charge in [0.2, 0.25) is 5.91 Å². The average molecular weight is 338 g/mol. The summed E-state index contributed by atoms with van der Waals surface area (Å²) >= 11 is 0. The van der Waals surface area contributed by atoms with Crippen molar-refractivity contribution in [2.75, 3.05) is 55.7 Å². The van der Waals surface area contributed by atoms with Crippen LogP contribution < -0.4 is 14.5 Å². The lowest BCUT2D eigenvalue weighted by atomic mass is 10.2. The minimum atomic E-state index is 0.178. The van der Waals surface area contributed by atoms with E-state index in [2.05, 4.69) is 14.8 Å². The first-order valence-corrected chi connectivity index (χ1v) is 8.72. The van der Waals surface area contributed by atoms with E-state index < -0.39 is 0 Å². The van der Waals surface area contributed by atoms with Gasteiger partial charge in [-0.25, -0.2) is 4.98 Å². The number of hydrogen-bond acceptors (Lipinski definition) is 5. The van der Waals surface area contributed by atoms with E-state index in [1.807, 2.05) is 53.6 Å². The van der Waals surface area contributed by atoms with E-state index in [9.17, 15) is 4.79 Å². The van der Waals surface area contributed by atoms with Gasteiger partial charge in [-0.3, -0.25) is 4.79 Å². The summed E-state index contributed by atoms with van der Waals surface area (Å²) in [6, 6.07) is 13.8. The Morgan fingerprint density at radius 3 is 2.60 bits per heavy atom. The maximum absolute atomic E-state index is 12.7. The molecule has 0 aliphatic carbocycles. The number of hydrogen-bond donors (Lipinski definition) is 0. The molecule has 6 heteroatoms. The van der Waals surface area contributed by atoms with E-state index in [-0.39, 0.29) is 5.91 Å². The van der Waals surface area contributed by atoms with Crippen LogP contribution in [0.5, 0.6) is 5.75 Å². The smallest absolute Gasteiger partial charge is 0.242 e. The first kappa shape index (κ1) is 15.7. The fraction of sp³-hybridized carbons (Fsp3) is 0.368. The first-order valence-electron chi connectivity index (χ1n) is 8.72. The monoisotopic (exact) mass is 338 g/mol. The van der Waals surface area contributed by atoms with E-state index in [0.29, 0.717) is 13.2 Å². The van der Waals surface area contributed by atoms with Crippen LogP contribution in [0.25, 0.3) is 0 Å². The third-order valence-electron chi connectivity index (χ3n) is 4.76. The number of rotatable bonds is 3. The molecule has 1 aromatic carbocycles. The summed E-state index contributed by atoms with van der Waals surface area (Å²) in [5, 5.41) is 0. The van der Waals surface area contributed by atoms with Gasteiger partial charge >= 0.3 is 0 Å². The standard InChI is InChI=1S/C19H22N4O2/c24-19(15-23-13-14-25-17-6-2-1-5-16(17)23)22-11-9-21(10-12-22)18-7-3-4-8-20-18/h1-8H,9-15H2. The van der Waals surface area contributed by atoms with Gasteiger partial charge in [-0.05, 0) is 24.3 Å². The minimum absolute atomic E-state index is 0.178. The summed E-state index contributed by atoms with van der Waals surface area (Å²) in [5.41, 5.74) is 1.01. The molecule has 2 aliphatic rings. The number of aromatic nitrogens is 1. The van der Waals surface area contributed by atoms with Crippen molar-refractivity contribution in [1.29, 1.82) is 0 Å². The average Bonchev–Trinajstić information content (AvgIpc) is 2.69. The van der Waals surface area contributed by atoms with Crippen molar-refractivity contribution in [2.24, 2.45) is 0 Å². The Morgan fingerprint density at radius 1 is 1.00 bits per heavy atom. The Balaban J connectivity index is 1.36. The zero-order valence-corrected chi connectivity index (χ0v) is 14.2. The fourth-order valence-corrected chi connectivity index (χ4v) is 3.38. The molecule has 0 N–H and O–H groups in total. The van der Waals surface area contributed by atoms with Crippen LogP contribution in [0.15, 0.2) is 48.7 Å². The second-order valence-corrected chi connectivity index (χ2v) is 6.29. The molecule has 0 bridgehead atoms. The van der Waals surface area contributed by atoms with E-state index in [4.69, 9.17) is 4.74 Å². The van der Waals surface area contributed by atoms with Gasteiger partial charge in [0.1, 0.15) is 18.2 Å². The molecule has 2 aromatic rings. The molecular weight excluding hydrogens is 316 g/mol. The predicted octanol–water partition coefficient (Wildman–Crippen LogP) is 1.63. The van der Waals surface area contributed by atoms with Gasteiger partial charge in [-0.15, -0.1) is 0 Å². The van der Waals surface area contributed by atoms with Gasteiger partial charge < -0.3 is 19.4 Å². The Kier molecular flexibility index (Phi) is 4.41. The fourth-order valence-electron chi connectivity index (χ4n) is 3.38. The van der Waals surface area contributed by atoms with Crippen molar-refractivity contribution in [3.63, 3.8) is 0 Å². The van der Waals surface area contributed by atoms with Gasteiger partial charge in [-0.1, -0.05) is 18.2 Å². The number of fused-ring (bicyclic) bond motifs is 1. The third-order valence-corrected chi connectivity index (χ3v) is 4.76. The number of carbonyl (C=O) groups excluding carboxylic acids is 1. The molecule has 1 aromatic heterocycles. The first-order chi connectivity index (χ1) is 12.3. The number of nitrogens with zero attached hydrogens (tertiary/aromatic N) is 4. The molecule has 0 radical (unpaired) electrons. The van der Waals surface area contributed by atoms with E-state index in [1.165, 1.54) is 0 Å². The number of amides is 1. The summed E-state index contributed by atoms with van der Waals surface area (Å²) in [6.07, 6.45) is 1.81. The minimum Gasteiger partial charge on any atom is -0.490 e. The van der Waals surface area contributed by atoms with Crippen LogP contribution >= 0.6 is 0 Å². The Bertz CT molecular complexity index is 729. The summed E-state index contributed by atoms with van der Waals surface area (Å²) < 4.78 is 5.66. The highest BCUT2D eigenvalue weighted by Crippen LogP contribution is 2.30. The lowest BCUT2D eigenvalue weighted by Crippen LogP contribution is -2.52. The molecule has 1 fully saturated rings. The predicted molar refractivity (Wildman–Crippen MR) is 97.2 cm³/mol. The van der Waals surface area contributed by atoms with Crippen LogP contribution in [0.4, 0.5) is 11.5 Å². The van der Waals surface area contributed by atoms with Crippen LogP contribution in [0.1, 0.15) is 0 Å². The molecule has 130 valence electrons. The highest BCUT2D eigenvalue weighted by molar-refractivity contribution is 5.82. The lowest BCUT2D eigenvalue weighted by Gasteiger charge is -2.37. The highest BCUT2D eigenvalue weighted by atomic mass is 16.5. The third kappa shape index (κ3) is 3.38. The van der Waals surface area contributed by atoms with E-state index in [0.717, 1.165) is 50.0 Å². The molecule has 4 rings (SSSR count). The molecule has 6 nitrogen and oxygen atoms in total. The maximum atomic E-state index is 12.7. The van der Waals surface area contributed by atoms with Crippen molar-refractivity contribution < 1.29 is 9.53 Å². The Morgan fingerprint density at radius 2 is 1.80 bits per heavy atom. The van der Waals surface area contributed by atoms with Gasteiger partial charge in [0, 0.05) is 32.4 Å². The van der Waals surface area contributed by atoms with Crippen LogP contribution in [0, 0.1) is 0 Å². The van der Waals surface area contributed by atoms with Gasteiger partial charge in [0.05, 0.1) is 18.8 Å². The van der Waals surface area contributed by atoms with Crippen LogP contribution in [-0.4, -0.2) is 61.7 Å². The second-order valence-electron chi connectivity index (χ2n) is 6.29. The maximum Gasteiger partial charge on any atom is 0.242 e. The lowest BCUT2D eigenvalue weighted by molar-refractivity contribution is -0.130. The van der Waals surface area contributed by atoms with Crippen molar-refractivity contribution in [2.45, 2.75) is 0 Å². The number of ether oxygens (including phenoxy) is 1. The zero-order valence-electron chi connectivity index (χ0n) is 14.2. The second kappa shape index (κ2) is 7.01. The summed E-state index contributed by atoms with van der Waals surface area (Å²) in [7, 11) is 0. The van der Waals surface area contributed by atoms with Crippen molar-refractivity contribution in [3.8, 4) is 5.75 Å². The van der Waals surface area contributed by atoms with Crippen molar-refractivity contribution >= 4 is 17.4 Å². The molecule has 0 atom stereocenters. The summed E-state index contributed by atoms with van der Waals surface area (Å²) in [5.74, 6) is 2.02. The van der Waals surface area contributed by atoms with E-state index in [1.54, 1.807) is 0 Å². The highest BCUT2D eigenvalue weighted by Gasteiger charge is 2.25. The molecule has 0 spiro atoms. The van der Waals surface area contributed by atoms with Crippen LogP contribution in [0.3, 0.4) is 0 Å². The van der Waals surface area contributed by atoms with Gasteiger partial charge in [0.15, 0.2) is 0 Å². The van der Waals surface area contributed by atoms with Gasteiger partial charge in [0.25, 0.3) is 0 Å². The SMILES string of the molecule is O=C(CN1CCOc2ccccc21)N1CCN(c2ccccn2)CC1. The summed E-state index contributed by atoms with van der Waals surface area (Å²) in [6.45, 7) is 4.89. The molecule has 3 heterocycles. The topological polar surface area (TPSA) is 48.9 Å². The number of anilines is 2. The summed E-state index contributed by atoms with van der Waals surface area (Å²) in [4.78, 5) is 23.4. The molecule has 1 saturated heterocycles.